The number of morpholine rings is 1. The van der Waals surface area contributed by atoms with Gasteiger partial charge in [0.25, 0.3) is 5.91 Å². The maximum atomic E-state index is 12.6. The molecule has 28 heavy (non-hydrogen) atoms. The van der Waals surface area contributed by atoms with Gasteiger partial charge in [-0.05, 0) is 23.1 Å². The Morgan fingerprint density at radius 2 is 1.75 bits per heavy atom. The number of carbonyl (C=O) groups excluding carboxylic acids is 2. The van der Waals surface area contributed by atoms with Crippen LogP contribution in [0.4, 0.5) is 0 Å². The second-order valence-corrected chi connectivity index (χ2v) is 9.77. The Labute approximate surface area is 166 Å². The predicted molar refractivity (Wildman–Crippen MR) is 103 cm³/mol. The summed E-state index contributed by atoms with van der Waals surface area (Å²) in [6.07, 6.45) is 0.235. The van der Waals surface area contributed by atoms with E-state index in [0.29, 0.717) is 26.3 Å². The van der Waals surface area contributed by atoms with E-state index in [1.54, 1.807) is 12.1 Å². The Balaban J connectivity index is 1.82. The Morgan fingerprint density at radius 1 is 1.14 bits per heavy atom. The lowest BCUT2D eigenvalue weighted by Gasteiger charge is -2.26. The second-order valence-electron chi connectivity index (χ2n) is 7.84. The van der Waals surface area contributed by atoms with Crippen LogP contribution in [0.5, 0.6) is 0 Å². The van der Waals surface area contributed by atoms with Gasteiger partial charge in [0.2, 0.25) is 10.0 Å². The smallest absolute Gasteiger partial charge is 0.306 e. The van der Waals surface area contributed by atoms with Crippen LogP contribution in [0.15, 0.2) is 29.2 Å². The molecule has 0 bridgehead atoms. The predicted octanol–water partition coefficient (Wildman–Crippen LogP) is 1.30. The van der Waals surface area contributed by atoms with Crippen molar-refractivity contribution in [3.8, 4) is 0 Å². The van der Waals surface area contributed by atoms with Gasteiger partial charge in [0, 0.05) is 19.6 Å². The molecule has 1 N–H and O–H groups in total. The van der Waals surface area contributed by atoms with Crippen molar-refractivity contribution in [2.24, 2.45) is 5.41 Å². The van der Waals surface area contributed by atoms with E-state index < -0.39 is 21.9 Å². The van der Waals surface area contributed by atoms with Crippen molar-refractivity contribution in [3.05, 3.63) is 29.8 Å². The SMILES string of the molecule is CC(C)(C)CC(=O)OCC(=O)NCc1ccc(S(=O)(=O)N2CCOCC2)cc1. The number of benzene rings is 1. The lowest BCUT2D eigenvalue weighted by molar-refractivity contribution is -0.150. The van der Waals surface area contributed by atoms with Crippen LogP contribution >= 0.6 is 0 Å². The van der Waals surface area contributed by atoms with Crippen LogP contribution in [0.2, 0.25) is 0 Å². The van der Waals surface area contributed by atoms with E-state index in [2.05, 4.69) is 5.32 Å². The molecular formula is C19H28N2O6S. The summed E-state index contributed by atoms with van der Waals surface area (Å²) in [7, 11) is -3.53. The van der Waals surface area contributed by atoms with Crippen LogP contribution < -0.4 is 5.32 Å². The van der Waals surface area contributed by atoms with Crippen LogP contribution in [0.25, 0.3) is 0 Å². The van der Waals surface area contributed by atoms with Crippen LogP contribution in [0, 0.1) is 5.41 Å². The summed E-state index contributed by atoms with van der Waals surface area (Å²) in [6.45, 7) is 7.09. The van der Waals surface area contributed by atoms with Gasteiger partial charge in [-0.1, -0.05) is 32.9 Å². The van der Waals surface area contributed by atoms with Crippen molar-refractivity contribution in [2.45, 2.75) is 38.6 Å². The molecule has 9 heteroatoms. The number of amides is 1. The number of nitrogens with zero attached hydrogens (tertiary/aromatic N) is 1. The highest BCUT2D eigenvalue weighted by Gasteiger charge is 2.26. The molecule has 1 saturated heterocycles. The standard InChI is InChI=1S/C19H28N2O6S/c1-19(2,3)12-18(23)27-14-17(22)20-13-15-4-6-16(7-5-15)28(24,25)21-8-10-26-11-9-21/h4-7H,8-14H2,1-3H3,(H,20,22). The fraction of sp³-hybridized carbons (Fsp3) is 0.579. The highest BCUT2D eigenvalue weighted by Crippen LogP contribution is 2.19. The molecule has 1 heterocycles. The summed E-state index contributed by atoms with van der Waals surface area (Å²) < 4.78 is 36.7. The molecular weight excluding hydrogens is 384 g/mol. The number of hydrogen-bond donors (Lipinski definition) is 1. The highest BCUT2D eigenvalue weighted by atomic mass is 32.2. The molecule has 1 aliphatic heterocycles. The number of hydrogen-bond acceptors (Lipinski definition) is 6. The first-order valence-corrected chi connectivity index (χ1v) is 10.6. The Hall–Kier alpha value is -1.97. The van der Waals surface area contributed by atoms with E-state index in [4.69, 9.17) is 9.47 Å². The number of rotatable bonds is 7. The van der Waals surface area contributed by atoms with Crippen molar-refractivity contribution in [1.29, 1.82) is 0 Å². The lowest BCUT2D eigenvalue weighted by Crippen LogP contribution is -2.40. The number of nitrogens with one attached hydrogen (secondary N) is 1. The van der Waals surface area contributed by atoms with Crippen molar-refractivity contribution in [2.75, 3.05) is 32.9 Å². The first-order valence-electron chi connectivity index (χ1n) is 9.17. The van der Waals surface area contributed by atoms with Crippen molar-refractivity contribution >= 4 is 21.9 Å². The first-order chi connectivity index (χ1) is 13.1. The van der Waals surface area contributed by atoms with Crippen LogP contribution in [-0.2, 0) is 35.6 Å². The van der Waals surface area contributed by atoms with Crippen LogP contribution in [-0.4, -0.2) is 57.5 Å². The average Bonchev–Trinajstić information content (AvgIpc) is 2.64. The molecule has 8 nitrogen and oxygen atoms in total. The molecule has 0 aromatic heterocycles. The molecule has 0 saturated carbocycles. The summed E-state index contributed by atoms with van der Waals surface area (Å²) in [5.41, 5.74) is 0.548. The van der Waals surface area contributed by atoms with E-state index in [-0.39, 0.29) is 29.9 Å². The molecule has 156 valence electrons. The summed E-state index contributed by atoms with van der Waals surface area (Å²) in [5, 5.41) is 2.65. The molecule has 1 fully saturated rings. The first kappa shape index (κ1) is 22.3. The van der Waals surface area contributed by atoms with Gasteiger partial charge in [0.15, 0.2) is 6.61 Å². The van der Waals surface area contributed by atoms with Crippen molar-refractivity contribution < 1.29 is 27.5 Å². The third kappa shape index (κ3) is 6.88. The topological polar surface area (TPSA) is 102 Å². The quantitative estimate of drug-likeness (QED) is 0.678. The van der Waals surface area contributed by atoms with E-state index in [0.717, 1.165) is 5.56 Å². The van der Waals surface area contributed by atoms with Gasteiger partial charge in [-0.15, -0.1) is 0 Å². The maximum Gasteiger partial charge on any atom is 0.306 e. The Morgan fingerprint density at radius 3 is 2.32 bits per heavy atom. The number of esters is 1. The highest BCUT2D eigenvalue weighted by molar-refractivity contribution is 7.89. The summed E-state index contributed by atoms with van der Waals surface area (Å²) >= 11 is 0. The fourth-order valence-electron chi connectivity index (χ4n) is 2.60. The monoisotopic (exact) mass is 412 g/mol. The zero-order valence-electron chi connectivity index (χ0n) is 16.6. The molecule has 0 aliphatic carbocycles. The molecule has 0 unspecified atom stereocenters. The Kier molecular flexibility index (Phi) is 7.56. The van der Waals surface area contributed by atoms with Gasteiger partial charge < -0.3 is 14.8 Å². The third-order valence-corrected chi connectivity index (χ3v) is 5.97. The molecule has 1 aromatic carbocycles. The van der Waals surface area contributed by atoms with Crippen molar-refractivity contribution in [1.82, 2.24) is 9.62 Å². The van der Waals surface area contributed by atoms with Gasteiger partial charge >= 0.3 is 5.97 Å². The van der Waals surface area contributed by atoms with Crippen LogP contribution in [0.1, 0.15) is 32.8 Å². The molecule has 2 rings (SSSR count). The lowest BCUT2D eigenvalue weighted by atomic mass is 9.93. The Bertz CT molecular complexity index is 778. The number of ether oxygens (including phenoxy) is 2. The number of sulfonamides is 1. The zero-order chi connectivity index (χ0) is 20.8. The van der Waals surface area contributed by atoms with E-state index in [1.165, 1.54) is 16.4 Å². The summed E-state index contributed by atoms with van der Waals surface area (Å²) in [5.74, 6) is -0.826. The number of carbonyl (C=O) groups is 2. The minimum atomic E-state index is -3.53. The molecule has 0 atom stereocenters. The molecule has 1 aliphatic rings. The molecule has 0 spiro atoms. The van der Waals surface area contributed by atoms with Gasteiger partial charge in [0.1, 0.15) is 0 Å². The normalized spacial score (nSPS) is 15.8. The van der Waals surface area contributed by atoms with Crippen LogP contribution in [0.3, 0.4) is 0 Å². The van der Waals surface area contributed by atoms with Gasteiger partial charge in [-0.2, -0.15) is 4.31 Å². The average molecular weight is 413 g/mol. The van der Waals surface area contributed by atoms with E-state index >= 15 is 0 Å². The van der Waals surface area contributed by atoms with Gasteiger partial charge in [-0.3, -0.25) is 9.59 Å². The largest absolute Gasteiger partial charge is 0.456 e. The van der Waals surface area contributed by atoms with Gasteiger partial charge in [0.05, 0.1) is 24.5 Å². The summed E-state index contributed by atoms with van der Waals surface area (Å²) in [4.78, 5) is 23.7. The molecule has 1 aromatic rings. The molecule has 1 amide bonds. The van der Waals surface area contributed by atoms with E-state index in [1.807, 2.05) is 20.8 Å². The zero-order valence-corrected chi connectivity index (χ0v) is 17.4. The summed E-state index contributed by atoms with van der Waals surface area (Å²) in [6, 6.07) is 6.35. The molecule has 0 radical (unpaired) electrons. The second kappa shape index (κ2) is 9.49. The minimum Gasteiger partial charge on any atom is -0.456 e. The minimum absolute atomic E-state index is 0.198. The van der Waals surface area contributed by atoms with Gasteiger partial charge in [-0.25, -0.2) is 8.42 Å². The third-order valence-electron chi connectivity index (χ3n) is 4.06. The fourth-order valence-corrected chi connectivity index (χ4v) is 4.01. The maximum absolute atomic E-state index is 12.6. The van der Waals surface area contributed by atoms with E-state index in [9.17, 15) is 18.0 Å². The van der Waals surface area contributed by atoms with Crippen molar-refractivity contribution in [3.63, 3.8) is 0 Å².